The molecule has 0 spiro atoms. The molecule has 0 atom stereocenters. The Morgan fingerprint density at radius 2 is 1.95 bits per heavy atom. The van der Waals surface area contributed by atoms with Crippen molar-refractivity contribution in [3.05, 3.63) is 35.4 Å². The fourth-order valence-electron chi connectivity index (χ4n) is 1.78. The minimum absolute atomic E-state index is 0.418. The van der Waals surface area contributed by atoms with E-state index in [2.05, 4.69) is 19.2 Å². The Bertz CT molecular complexity index is 389. The average molecular weight is 274 g/mol. The molecule has 0 aliphatic carbocycles. The Hall–Kier alpha value is -1.07. The van der Waals surface area contributed by atoms with Gasteiger partial charge in [-0.05, 0) is 18.7 Å². The van der Waals surface area contributed by atoms with Crippen molar-refractivity contribution in [1.29, 1.82) is 0 Å². The van der Waals surface area contributed by atoms with Crippen LogP contribution in [0.1, 0.15) is 25.0 Å². The highest BCUT2D eigenvalue weighted by Gasteiger charge is 2.30. The highest BCUT2D eigenvalue weighted by molar-refractivity contribution is 5.25. The summed E-state index contributed by atoms with van der Waals surface area (Å²) in [5.74, 6) is 0. The first-order chi connectivity index (χ1) is 8.79. The normalized spacial score (nSPS) is 12.4. The van der Waals surface area contributed by atoms with E-state index in [1.54, 1.807) is 6.07 Å². The Morgan fingerprint density at radius 1 is 1.26 bits per heavy atom. The minimum Gasteiger partial charge on any atom is -0.313 e. The molecule has 1 aromatic rings. The van der Waals surface area contributed by atoms with Crippen molar-refractivity contribution in [2.45, 2.75) is 32.6 Å². The summed E-state index contributed by atoms with van der Waals surface area (Å²) in [5, 5.41) is 3.28. The van der Waals surface area contributed by atoms with Crippen molar-refractivity contribution >= 4 is 0 Å². The second kappa shape index (κ2) is 6.91. The second-order valence-corrected chi connectivity index (χ2v) is 5.04. The van der Waals surface area contributed by atoms with Gasteiger partial charge in [-0.15, -0.1) is 0 Å². The molecule has 1 rings (SSSR count). The first kappa shape index (κ1) is 16.0. The molecule has 0 aliphatic rings. The van der Waals surface area contributed by atoms with Crippen LogP contribution in [-0.2, 0) is 12.7 Å². The van der Waals surface area contributed by atoms with Crippen molar-refractivity contribution in [1.82, 2.24) is 10.2 Å². The van der Waals surface area contributed by atoms with E-state index >= 15 is 0 Å². The molecule has 0 saturated heterocycles. The van der Waals surface area contributed by atoms with E-state index in [0.29, 0.717) is 18.2 Å². The average Bonchev–Trinajstić information content (AvgIpc) is 2.27. The molecule has 0 radical (unpaired) electrons. The van der Waals surface area contributed by atoms with E-state index in [-0.39, 0.29) is 0 Å². The van der Waals surface area contributed by atoms with E-state index in [0.717, 1.165) is 19.2 Å². The van der Waals surface area contributed by atoms with Crippen LogP contribution >= 0.6 is 0 Å². The zero-order chi connectivity index (χ0) is 14.5. The van der Waals surface area contributed by atoms with Gasteiger partial charge < -0.3 is 10.2 Å². The van der Waals surface area contributed by atoms with Gasteiger partial charge in [-0.25, -0.2) is 0 Å². The zero-order valence-electron chi connectivity index (χ0n) is 11.6. The van der Waals surface area contributed by atoms with E-state index in [1.807, 2.05) is 11.9 Å². The largest absolute Gasteiger partial charge is 0.416 e. The Morgan fingerprint density at radius 3 is 2.53 bits per heavy atom. The predicted octanol–water partition coefficient (Wildman–Crippen LogP) is 3.14. The van der Waals surface area contributed by atoms with Crippen LogP contribution in [0.2, 0.25) is 0 Å². The zero-order valence-corrected chi connectivity index (χ0v) is 11.6. The van der Waals surface area contributed by atoms with Gasteiger partial charge in [0.25, 0.3) is 0 Å². The quantitative estimate of drug-likeness (QED) is 0.857. The molecule has 0 aromatic heterocycles. The van der Waals surface area contributed by atoms with Crippen LogP contribution in [0.15, 0.2) is 24.3 Å². The van der Waals surface area contributed by atoms with Gasteiger partial charge in [-0.1, -0.05) is 32.0 Å². The summed E-state index contributed by atoms with van der Waals surface area (Å²) >= 11 is 0. The summed E-state index contributed by atoms with van der Waals surface area (Å²) in [6.07, 6.45) is -4.27. The van der Waals surface area contributed by atoms with Crippen molar-refractivity contribution in [2.24, 2.45) is 0 Å². The second-order valence-electron chi connectivity index (χ2n) is 5.04. The van der Waals surface area contributed by atoms with Crippen LogP contribution in [0.4, 0.5) is 13.2 Å². The molecule has 2 nitrogen and oxygen atoms in total. The molecule has 1 aromatic carbocycles. The lowest BCUT2D eigenvalue weighted by Crippen LogP contribution is -2.32. The molecule has 108 valence electrons. The molecular weight excluding hydrogens is 253 g/mol. The predicted molar refractivity (Wildman–Crippen MR) is 70.9 cm³/mol. The van der Waals surface area contributed by atoms with Gasteiger partial charge in [-0.3, -0.25) is 0 Å². The number of likely N-dealkylation sites (N-methyl/N-ethyl adjacent to an activating group) is 1. The van der Waals surface area contributed by atoms with Crippen LogP contribution in [0.25, 0.3) is 0 Å². The molecule has 19 heavy (non-hydrogen) atoms. The van der Waals surface area contributed by atoms with E-state index in [9.17, 15) is 13.2 Å². The van der Waals surface area contributed by atoms with Crippen molar-refractivity contribution in [2.75, 3.05) is 20.1 Å². The summed E-state index contributed by atoms with van der Waals surface area (Å²) in [4.78, 5) is 2.00. The van der Waals surface area contributed by atoms with Gasteiger partial charge >= 0.3 is 6.18 Å². The maximum Gasteiger partial charge on any atom is 0.416 e. The molecule has 0 unspecified atom stereocenters. The first-order valence-electron chi connectivity index (χ1n) is 6.37. The molecule has 0 aliphatic heterocycles. The van der Waals surface area contributed by atoms with Gasteiger partial charge in [0.05, 0.1) is 5.56 Å². The standard InChI is InChI=1S/C14H21F3N2/c1-11(2)18-7-8-19(3)10-12-5-4-6-13(9-12)14(15,16)17/h4-6,9,11,18H,7-8,10H2,1-3H3. The minimum atomic E-state index is -4.27. The van der Waals surface area contributed by atoms with Gasteiger partial charge in [0.2, 0.25) is 0 Å². The third-order valence-electron chi connectivity index (χ3n) is 2.75. The van der Waals surface area contributed by atoms with E-state index in [1.165, 1.54) is 12.1 Å². The highest BCUT2D eigenvalue weighted by atomic mass is 19.4. The summed E-state index contributed by atoms with van der Waals surface area (Å²) in [7, 11) is 1.91. The van der Waals surface area contributed by atoms with Crippen LogP contribution in [0, 0.1) is 0 Å². The van der Waals surface area contributed by atoms with E-state index < -0.39 is 11.7 Å². The number of alkyl halides is 3. The number of nitrogens with zero attached hydrogens (tertiary/aromatic N) is 1. The fourth-order valence-corrected chi connectivity index (χ4v) is 1.78. The maximum absolute atomic E-state index is 12.6. The monoisotopic (exact) mass is 274 g/mol. The first-order valence-corrected chi connectivity index (χ1v) is 6.37. The van der Waals surface area contributed by atoms with Gasteiger partial charge in [-0.2, -0.15) is 13.2 Å². The third-order valence-corrected chi connectivity index (χ3v) is 2.75. The van der Waals surface area contributed by atoms with Crippen LogP contribution in [-0.4, -0.2) is 31.1 Å². The fraction of sp³-hybridized carbons (Fsp3) is 0.571. The molecule has 0 fully saturated rings. The number of nitrogens with one attached hydrogen (secondary N) is 1. The third kappa shape index (κ3) is 6.07. The van der Waals surface area contributed by atoms with E-state index in [4.69, 9.17) is 0 Å². The molecule has 0 amide bonds. The van der Waals surface area contributed by atoms with Crippen molar-refractivity contribution in [3.63, 3.8) is 0 Å². The summed E-state index contributed by atoms with van der Waals surface area (Å²) < 4.78 is 37.7. The van der Waals surface area contributed by atoms with Crippen LogP contribution in [0.5, 0.6) is 0 Å². The highest BCUT2D eigenvalue weighted by Crippen LogP contribution is 2.29. The molecule has 5 heteroatoms. The number of hydrogen-bond donors (Lipinski definition) is 1. The SMILES string of the molecule is CC(C)NCCN(C)Cc1cccc(C(F)(F)F)c1. The summed E-state index contributed by atoms with van der Waals surface area (Å²) in [6, 6.07) is 5.91. The lowest BCUT2D eigenvalue weighted by molar-refractivity contribution is -0.137. The number of halogens is 3. The number of hydrogen-bond acceptors (Lipinski definition) is 2. The summed E-state index contributed by atoms with van der Waals surface area (Å²) in [5.41, 5.74) is 0.0978. The Balaban J connectivity index is 2.52. The molecule has 0 bridgehead atoms. The Kier molecular flexibility index (Phi) is 5.82. The van der Waals surface area contributed by atoms with Crippen LogP contribution < -0.4 is 5.32 Å². The lowest BCUT2D eigenvalue weighted by Gasteiger charge is -2.18. The molecule has 0 saturated carbocycles. The van der Waals surface area contributed by atoms with Crippen molar-refractivity contribution in [3.8, 4) is 0 Å². The summed E-state index contributed by atoms with van der Waals surface area (Å²) in [6.45, 7) is 6.27. The molecule has 0 heterocycles. The van der Waals surface area contributed by atoms with Gasteiger partial charge in [0.1, 0.15) is 0 Å². The van der Waals surface area contributed by atoms with Gasteiger partial charge in [0.15, 0.2) is 0 Å². The number of rotatable bonds is 6. The topological polar surface area (TPSA) is 15.3 Å². The lowest BCUT2D eigenvalue weighted by atomic mass is 10.1. The molecular formula is C14H21F3N2. The maximum atomic E-state index is 12.6. The smallest absolute Gasteiger partial charge is 0.313 e. The number of benzene rings is 1. The molecule has 1 N–H and O–H groups in total. The Labute approximate surface area is 112 Å². The van der Waals surface area contributed by atoms with Gasteiger partial charge in [0, 0.05) is 25.7 Å². The van der Waals surface area contributed by atoms with Crippen molar-refractivity contribution < 1.29 is 13.2 Å². The van der Waals surface area contributed by atoms with Crippen LogP contribution in [0.3, 0.4) is 0 Å².